The zero-order valence-electron chi connectivity index (χ0n) is 10.1. The van der Waals surface area contributed by atoms with E-state index in [1.54, 1.807) is 6.20 Å². The van der Waals surface area contributed by atoms with Crippen LogP contribution in [0.5, 0.6) is 0 Å². The highest BCUT2D eigenvalue weighted by molar-refractivity contribution is 5.78. The van der Waals surface area contributed by atoms with Gasteiger partial charge in [-0.25, -0.2) is 4.98 Å². The second-order valence-corrected chi connectivity index (χ2v) is 4.07. The van der Waals surface area contributed by atoms with Gasteiger partial charge in [-0.05, 0) is 36.4 Å². The van der Waals surface area contributed by atoms with Gasteiger partial charge in [-0.3, -0.25) is 4.98 Å². The smallest absolute Gasteiger partial charge is 0.0894 e. The van der Waals surface area contributed by atoms with Crippen molar-refractivity contribution in [3.05, 3.63) is 54.7 Å². The van der Waals surface area contributed by atoms with E-state index in [4.69, 9.17) is 0 Å². The van der Waals surface area contributed by atoms with Crippen molar-refractivity contribution in [3.8, 4) is 11.3 Å². The SMILES string of the molecule is CNc1cccc(-c2ccc3ncccc3n2)c1. The van der Waals surface area contributed by atoms with Gasteiger partial charge in [0.15, 0.2) is 0 Å². The molecule has 0 fully saturated rings. The standard InChI is InChI=1S/C15H13N3/c1-16-12-5-2-4-11(10-12)13-7-8-14-15(18-13)6-3-9-17-14/h2-10,16H,1H3. The van der Waals surface area contributed by atoms with Crippen LogP contribution in [0.25, 0.3) is 22.3 Å². The number of benzene rings is 1. The molecule has 0 aliphatic carbocycles. The molecule has 0 unspecified atom stereocenters. The molecule has 3 heteroatoms. The highest BCUT2D eigenvalue weighted by atomic mass is 14.8. The van der Waals surface area contributed by atoms with Gasteiger partial charge in [-0.2, -0.15) is 0 Å². The first-order valence-electron chi connectivity index (χ1n) is 5.87. The van der Waals surface area contributed by atoms with Crippen molar-refractivity contribution in [1.29, 1.82) is 0 Å². The van der Waals surface area contributed by atoms with Crippen molar-refractivity contribution in [2.45, 2.75) is 0 Å². The minimum absolute atomic E-state index is 0.921. The predicted molar refractivity (Wildman–Crippen MR) is 74.5 cm³/mol. The van der Waals surface area contributed by atoms with Crippen LogP contribution in [0.1, 0.15) is 0 Å². The lowest BCUT2D eigenvalue weighted by molar-refractivity contribution is 1.33. The van der Waals surface area contributed by atoms with Gasteiger partial charge in [-0.1, -0.05) is 12.1 Å². The molecule has 3 nitrogen and oxygen atoms in total. The van der Waals surface area contributed by atoms with Crippen LogP contribution in [-0.4, -0.2) is 17.0 Å². The van der Waals surface area contributed by atoms with Crippen LogP contribution in [0.2, 0.25) is 0 Å². The number of rotatable bonds is 2. The van der Waals surface area contributed by atoms with Crippen LogP contribution < -0.4 is 5.32 Å². The number of nitrogens with one attached hydrogen (secondary N) is 1. The largest absolute Gasteiger partial charge is 0.388 e. The fraction of sp³-hybridized carbons (Fsp3) is 0.0667. The molecule has 0 saturated heterocycles. The van der Waals surface area contributed by atoms with E-state index >= 15 is 0 Å². The maximum Gasteiger partial charge on any atom is 0.0894 e. The van der Waals surface area contributed by atoms with Gasteiger partial charge >= 0.3 is 0 Å². The second kappa shape index (κ2) is 4.45. The van der Waals surface area contributed by atoms with Gasteiger partial charge in [0.25, 0.3) is 0 Å². The molecular weight excluding hydrogens is 222 g/mol. The Bertz CT molecular complexity index is 692. The Balaban J connectivity index is 2.13. The Morgan fingerprint density at radius 3 is 2.78 bits per heavy atom. The van der Waals surface area contributed by atoms with Crippen molar-refractivity contribution in [2.75, 3.05) is 12.4 Å². The number of pyridine rings is 2. The molecule has 0 bridgehead atoms. The molecule has 2 heterocycles. The molecule has 2 aromatic heterocycles. The summed E-state index contributed by atoms with van der Waals surface area (Å²) in [5.41, 5.74) is 5.00. The Morgan fingerprint density at radius 2 is 1.89 bits per heavy atom. The lowest BCUT2D eigenvalue weighted by atomic mass is 10.1. The molecule has 0 aliphatic heterocycles. The van der Waals surface area contributed by atoms with E-state index in [1.807, 2.05) is 43.4 Å². The molecule has 3 rings (SSSR count). The molecule has 0 spiro atoms. The van der Waals surface area contributed by atoms with E-state index in [-0.39, 0.29) is 0 Å². The number of hydrogen-bond acceptors (Lipinski definition) is 3. The average Bonchev–Trinajstić information content (AvgIpc) is 2.47. The maximum absolute atomic E-state index is 4.63. The van der Waals surface area contributed by atoms with Gasteiger partial charge in [0.2, 0.25) is 0 Å². The third kappa shape index (κ3) is 1.91. The number of fused-ring (bicyclic) bond motifs is 1. The first kappa shape index (κ1) is 10.7. The van der Waals surface area contributed by atoms with Gasteiger partial charge < -0.3 is 5.32 Å². The fourth-order valence-corrected chi connectivity index (χ4v) is 1.95. The summed E-state index contributed by atoms with van der Waals surface area (Å²) < 4.78 is 0. The van der Waals surface area contributed by atoms with E-state index in [2.05, 4.69) is 27.4 Å². The van der Waals surface area contributed by atoms with Gasteiger partial charge in [0.05, 0.1) is 16.7 Å². The van der Waals surface area contributed by atoms with E-state index in [0.29, 0.717) is 0 Å². The monoisotopic (exact) mass is 235 g/mol. The summed E-state index contributed by atoms with van der Waals surface area (Å²) >= 11 is 0. The molecular formula is C15H13N3. The van der Waals surface area contributed by atoms with Gasteiger partial charge in [0.1, 0.15) is 0 Å². The molecule has 1 aromatic carbocycles. The molecule has 3 aromatic rings. The minimum Gasteiger partial charge on any atom is -0.388 e. The van der Waals surface area contributed by atoms with Crippen LogP contribution in [0.3, 0.4) is 0 Å². The van der Waals surface area contributed by atoms with Crippen molar-refractivity contribution in [3.63, 3.8) is 0 Å². The third-order valence-corrected chi connectivity index (χ3v) is 2.90. The van der Waals surface area contributed by atoms with Crippen molar-refractivity contribution in [1.82, 2.24) is 9.97 Å². The third-order valence-electron chi connectivity index (χ3n) is 2.90. The highest BCUT2D eigenvalue weighted by Gasteiger charge is 2.02. The van der Waals surface area contributed by atoms with E-state index in [9.17, 15) is 0 Å². The van der Waals surface area contributed by atoms with E-state index < -0.39 is 0 Å². The summed E-state index contributed by atoms with van der Waals surface area (Å²) in [5, 5.41) is 3.13. The molecule has 88 valence electrons. The first-order valence-corrected chi connectivity index (χ1v) is 5.87. The summed E-state index contributed by atoms with van der Waals surface area (Å²) in [6.45, 7) is 0. The van der Waals surface area contributed by atoms with Crippen molar-refractivity contribution >= 4 is 16.7 Å². The van der Waals surface area contributed by atoms with Gasteiger partial charge in [-0.15, -0.1) is 0 Å². The first-order chi connectivity index (χ1) is 8.86. The lowest BCUT2D eigenvalue weighted by Gasteiger charge is -2.05. The van der Waals surface area contributed by atoms with Crippen molar-refractivity contribution < 1.29 is 0 Å². The summed E-state index contributed by atoms with van der Waals surface area (Å²) in [4.78, 5) is 8.91. The Morgan fingerprint density at radius 1 is 0.944 bits per heavy atom. The zero-order valence-corrected chi connectivity index (χ0v) is 10.1. The topological polar surface area (TPSA) is 37.8 Å². The Labute approximate surface area is 106 Å². The fourth-order valence-electron chi connectivity index (χ4n) is 1.95. The number of hydrogen-bond donors (Lipinski definition) is 1. The maximum atomic E-state index is 4.63. The Kier molecular flexibility index (Phi) is 2.65. The Hall–Kier alpha value is -2.42. The lowest BCUT2D eigenvalue weighted by Crippen LogP contribution is -1.90. The second-order valence-electron chi connectivity index (χ2n) is 4.07. The summed E-state index contributed by atoms with van der Waals surface area (Å²) in [6, 6.07) is 16.1. The van der Waals surface area contributed by atoms with Crippen LogP contribution in [0, 0.1) is 0 Å². The van der Waals surface area contributed by atoms with Crippen LogP contribution >= 0.6 is 0 Å². The molecule has 1 N–H and O–H groups in total. The zero-order chi connectivity index (χ0) is 12.4. The highest BCUT2D eigenvalue weighted by Crippen LogP contribution is 2.22. The molecule has 0 atom stereocenters. The molecule has 0 aliphatic rings. The number of nitrogens with zero attached hydrogens (tertiary/aromatic N) is 2. The van der Waals surface area contributed by atoms with E-state index in [1.165, 1.54) is 0 Å². The van der Waals surface area contributed by atoms with E-state index in [0.717, 1.165) is 28.0 Å². The number of anilines is 1. The van der Waals surface area contributed by atoms with Crippen LogP contribution in [0.15, 0.2) is 54.7 Å². The quantitative estimate of drug-likeness (QED) is 0.740. The molecule has 0 radical (unpaired) electrons. The minimum atomic E-state index is 0.921. The summed E-state index contributed by atoms with van der Waals surface area (Å²) in [6.07, 6.45) is 1.78. The average molecular weight is 235 g/mol. The normalized spacial score (nSPS) is 10.5. The van der Waals surface area contributed by atoms with Crippen LogP contribution in [-0.2, 0) is 0 Å². The van der Waals surface area contributed by atoms with Crippen molar-refractivity contribution in [2.24, 2.45) is 0 Å². The molecule has 0 saturated carbocycles. The van der Waals surface area contributed by atoms with Crippen LogP contribution in [0.4, 0.5) is 5.69 Å². The predicted octanol–water partition coefficient (Wildman–Crippen LogP) is 3.34. The summed E-state index contributed by atoms with van der Waals surface area (Å²) in [7, 11) is 1.91. The molecule has 0 amide bonds. The molecule has 18 heavy (non-hydrogen) atoms. The summed E-state index contributed by atoms with van der Waals surface area (Å²) in [5.74, 6) is 0. The van der Waals surface area contributed by atoms with Gasteiger partial charge in [0, 0.05) is 24.5 Å². The number of aromatic nitrogens is 2.